The number of aliphatic carboxylic acids is 1. The van der Waals surface area contributed by atoms with Crippen molar-refractivity contribution in [2.75, 3.05) is 6.54 Å². The second kappa shape index (κ2) is 12.8. The van der Waals surface area contributed by atoms with Crippen LogP contribution in [0, 0.1) is 0 Å². The molecule has 5 atom stereocenters. The second-order valence-corrected chi connectivity index (χ2v) is 13.2. The molecule has 1 saturated carbocycles. The summed E-state index contributed by atoms with van der Waals surface area (Å²) in [6.45, 7) is -0.870. The zero-order valence-electron chi connectivity index (χ0n) is 27.4. The van der Waals surface area contributed by atoms with Gasteiger partial charge in [-0.05, 0) is 48.2 Å². The topological polar surface area (TPSA) is 284 Å². The average Bonchev–Trinajstić information content (AvgIpc) is 3.57. The molecule has 0 radical (unpaired) electrons. The summed E-state index contributed by atoms with van der Waals surface area (Å²) in [5, 5.41) is 78.1. The summed E-state index contributed by atoms with van der Waals surface area (Å²) in [6, 6.07) is 14.7. The maximum Gasteiger partial charge on any atom is 0.335 e. The van der Waals surface area contributed by atoms with Gasteiger partial charge >= 0.3 is 5.97 Å². The third kappa shape index (κ3) is 5.71. The summed E-state index contributed by atoms with van der Waals surface area (Å²) in [5.74, 6) is -4.93. The standard InChI is InChI=1S/C36H36N4O12/c37-34(38)39-15-36(49)30(45)29(32(47)48)52-33(31(36)46)51-25-14-24-26(28(44)27(25)43)22(42)13-23(50-24)18-8-7-17(41)12-19(18)21-11-16-5-1-2-6-20(16)35(40-21)9-3-4-10-35/h1-2,5-8,11-14,29-31,33,40-41,43-46,49H,3-4,9-10,15H2,(H,47,48)(H4,37,38,39). The first kappa shape index (κ1) is 34.6. The largest absolute Gasteiger partial charge is 0.508 e. The first-order valence-electron chi connectivity index (χ1n) is 16.4. The van der Waals surface area contributed by atoms with Crippen LogP contribution in [0.3, 0.4) is 0 Å². The van der Waals surface area contributed by atoms with Gasteiger partial charge in [0.25, 0.3) is 0 Å². The lowest BCUT2D eigenvalue weighted by Gasteiger charge is -2.45. The lowest BCUT2D eigenvalue weighted by atomic mass is 9.80. The molecule has 2 fully saturated rings. The van der Waals surface area contributed by atoms with E-state index in [1.54, 1.807) is 6.07 Å². The SMILES string of the molecule is NC(N)=NCC1(O)C(O)C(Oc2cc3oc(-c4ccc(O)cc4C4=Cc5ccccc5C5(CCCC5)N4)cc(=O)c3c(O)c2O)OC(C(=O)O)C1O. The number of benzene rings is 3. The predicted octanol–water partition coefficient (Wildman–Crippen LogP) is 1.36. The molecule has 1 aliphatic carbocycles. The van der Waals surface area contributed by atoms with Crippen LogP contribution in [0.4, 0.5) is 0 Å². The molecule has 16 nitrogen and oxygen atoms in total. The Morgan fingerprint density at radius 3 is 2.42 bits per heavy atom. The molecule has 12 N–H and O–H groups in total. The Balaban J connectivity index is 1.31. The van der Waals surface area contributed by atoms with Gasteiger partial charge in [0.15, 0.2) is 29.0 Å². The van der Waals surface area contributed by atoms with E-state index in [-0.39, 0.29) is 22.6 Å². The number of guanidine groups is 1. The van der Waals surface area contributed by atoms with Gasteiger partial charge in [0, 0.05) is 29.0 Å². The predicted molar refractivity (Wildman–Crippen MR) is 185 cm³/mol. The number of nitrogens with one attached hydrogen (secondary N) is 1. The van der Waals surface area contributed by atoms with Crippen LogP contribution < -0.4 is 26.9 Å². The Hall–Kier alpha value is -5.81. The van der Waals surface area contributed by atoms with Crippen LogP contribution in [0.5, 0.6) is 23.0 Å². The van der Waals surface area contributed by atoms with Gasteiger partial charge in [-0.3, -0.25) is 9.79 Å². The Morgan fingerprint density at radius 2 is 1.71 bits per heavy atom. The molecule has 1 saturated heterocycles. The van der Waals surface area contributed by atoms with E-state index in [0.29, 0.717) is 16.8 Å². The van der Waals surface area contributed by atoms with Crippen molar-refractivity contribution < 1.29 is 54.4 Å². The van der Waals surface area contributed by atoms with Gasteiger partial charge in [-0.1, -0.05) is 37.1 Å². The number of ether oxygens (including phenoxy) is 2. The van der Waals surface area contributed by atoms with Crippen molar-refractivity contribution in [2.24, 2.45) is 16.5 Å². The lowest BCUT2D eigenvalue weighted by Crippen LogP contribution is -2.70. The molecular formula is C36H36N4O12. The maximum absolute atomic E-state index is 13.5. The number of aromatic hydroxyl groups is 3. The number of nitrogens with two attached hydrogens (primary N) is 2. The number of fused-ring (bicyclic) bond motifs is 3. The highest BCUT2D eigenvalue weighted by atomic mass is 16.7. The third-order valence-corrected chi connectivity index (χ3v) is 9.95. The highest BCUT2D eigenvalue weighted by Crippen LogP contribution is 2.47. The zero-order valence-corrected chi connectivity index (χ0v) is 27.4. The number of hydrogen-bond donors (Lipinski definition) is 10. The number of carboxylic acids is 1. The van der Waals surface area contributed by atoms with Gasteiger partial charge in [0.05, 0.1) is 12.1 Å². The minimum Gasteiger partial charge on any atom is -0.508 e. The first-order chi connectivity index (χ1) is 24.7. The number of nitrogens with zero attached hydrogens (tertiary/aromatic N) is 1. The molecular weight excluding hydrogens is 680 g/mol. The Morgan fingerprint density at radius 1 is 0.981 bits per heavy atom. The summed E-state index contributed by atoms with van der Waals surface area (Å²) < 4.78 is 17.0. The van der Waals surface area contributed by atoms with Gasteiger partial charge in [-0.2, -0.15) is 0 Å². The average molecular weight is 717 g/mol. The quantitative estimate of drug-likeness (QED) is 0.0734. The molecule has 3 aromatic carbocycles. The van der Waals surface area contributed by atoms with E-state index in [9.17, 15) is 45.3 Å². The summed E-state index contributed by atoms with van der Waals surface area (Å²) in [5.41, 5.74) is 10.3. The van der Waals surface area contributed by atoms with Crippen LogP contribution in [0.25, 0.3) is 34.1 Å². The van der Waals surface area contributed by atoms with Gasteiger partial charge < -0.3 is 66.4 Å². The first-order valence-corrected chi connectivity index (χ1v) is 16.4. The normalized spacial score (nSPS) is 24.9. The molecule has 5 unspecified atom stereocenters. The number of phenols is 3. The number of phenolic OH excluding ortho intramolecular Hbond substituents is 3. The van der Waals surface area contributed by atoms with E-state index < -0.39 is 76.7 Å². The smallest absolute Gasteiger partial charge is 0.335 e. The van der Waals surface area contributed by atoms with Gasteiger partial charge in [0.1, 0.15) is 40.3 Å². The fraction of sp³-hybridized carbons (Fsp3) is 0.306. The number of aliphatic imine (C=N–C) groups is 1. The Labute approximate surface area is 294 Å². The van der Waals surface area contributed by atoms with E-state index >= 15 is 0 Å². The number of aliphatic hydroxyl groups excluding tert-OH is 2. The van der Waals surface area contributed by atoms with Crippen molar-refractivity contribution in [1.29, 1.82) is 0 Å². The van der Waals surface area contributed by atoms with Crippen LogP contribution >= 0.6 is 0 Å². The maximum atomic E-state index is 13.5. The highest BCUT2D eigenvalue weighted by molar-refractivity contribution is 5.93. The molecule has 4 aromatic rings. The number of rotatable bonds is 7. The number of carbonyl (C=O) groups is 1. The second-order valence-electron chi connectivity index (χ2n) is 13.2. The van der Waals surface area contributed by atoms with Crippen LogP contribution in [0.1, 0.15) is 42.4 Å². The minimum atomic E-state index is -2.72. The number of aliphatic hydroxyl groups is 3. The molecule has 0 amide bonds. The third-order valence-electron chi connectivity index (χ3n) is 9.95. The van der Waals surface area contributed by atoms with Crippen molar-refractivity contribution >= 4 is 34.7 Å². The summed E-state index contributed by atoms with van der Waals surface area (Å²) >= 11 is 0. The van der Waals surface area contributed by atoms with Crippen molar-refractivity contribution in [1.82, 2.24) is 5.32 Å². The van der Waals surface area contributed by atoms with E-state index in [0.717, 1.165) is 43.4 Å². The zero-order chi connectivity index (χ0) is 37.1. The fourth-order valence-electron chi connectivity index (χ4n) is 7.34. The Bertz CT molecular complexity index is 2210. The molecule has 1 aromatic heterocycles. The van der Waals surface area contributed by atoms with Crippen LogP contribution in [-0.4, -0.2) is 84.4 Å². The fourth-order valence-corrected chi connectivity index (χ4v) is 7.34. The van der Waals surface area contributed by atoms with Gasteiger partial charge in [0.2, 0.25) is 12.0 Å². The highest BCUT2D eigenvalue weighted by Gasteiger charge is 2.58. The minimum absolute atomic E-state index is 0.0141. The van der Waals surface area contributed by atoms with Crippen molar-refractivity contribution in [3.8, 4) is 34.3 Å². The van der Waals surface area contributed by atoms with Crippen molar-refractivity contribution in [2.45, 2.75) is 61.4 Å². The molecule has 3 heterocycles. The van der Waals surface area contributed by atoms with E-state index in [1.165, 1.54) is 17.7 Å². The summed E-state index contributed by atoms with van der Waals surface area (Å²) in [6.07, 6.45) is -2.94. The molecule has 2 aliphatic heterocycles. The molecule has 1 spiro atoms. The molecule has 52 heavy (non-hydrogen) atoms. The Kier molecular flexibility index (Phi) is 8.49. The van der Waals surface area contributed by atoms with E-state index in [4.69, 9.17) is 25.4 Å². The summed E-state index contributed by atoms with van der Waals surface area (Å²) in [4.78, 5) is 29.0. The van der Waals surface area contributed by atoms with E-state index in [1.807, 2.05) is 24.3 Å². The van der Waals surface area contributed by atoms with Crippen LogP contribution in [-0.2, 0) is 15.1 Å². The van der Waals surface area contributed by atoms with Crippen molar-refractivity contribution in [3.05, 3.63) is 81.5 Å². The number of hydrogen-bond acceptors (Lipinski definition) is 13. The molecule has 272 valence electrons. The molecule has 7 rings (SSSR count). The monoisotopic (exact) mass is 716 g/mol. The van der Waals surface area contributed by atoms with Crippen LogP contribution in [0.15, 0.2) is 68.8 Å². The molecule has 0 bridgehead atoms. The van der Waals surface area contributed by atoms with Gasteiger partial charge in [-0.25, -0.2) is 4.79 Å². The van der Waals surface area contributed by atoms with E-state index in [2.05, 4.69) is 16.4 Å². The molecule has 3 aliphatic rings. The van der Waals surface area contributed by atoms with Crippen molar-refractivity contribution in [3.63, 3.8) is 0 Å². The van der Waals surface area contributed by atoms with Crippen LogP contribution in [0.2, 0.25) is 0 Å². The number of carboxylic acid groups (broad SMARTS) is 1. The molecule has 16 heteroatoms. The lowest BCUT2D eigenvalue weighted by molar-refractivity contribution is -0.303. The summed E-state index contributed by atoms with van der Waals surface area (Å²) in [7, 11) is 0. The van der Waals surface area contributed by atoms with Gasteiger partial charge in [-0.15, -0.1) is 0 Å².